The largest absolute Gasteiger partial charge is 0.459 e. The summed E-state index contributed by atoms with van der Waals surface area (Å²) in [6, 6.07) is 0. The molecule has 2 aliphatic heterocycles. The SMILES string of the molecule is CCC1(OC(=O)C2CNS(=O)(=O)CC2OC(=O)CN2CCOCC2)CCCC1. The molecule has 9 nitrogen and oxygen atoms in total. The lowest BCUT2D eigenvalue weighted by Crippen LogP contribution is -2.54. The summed E-state index contributed by atoms with van der Waals surface area (Å²) in [5.41, 5.74) is -0.476. The Hall–Kier alpha value is -1.23. The molecule has 0 spiro atoms. The van der Waals surface area contributed by atoms with Gasteiger partial charge in [0.2, 0.25) is 10.0 Å². The average Bonchev–Trinajstić information content (AvgIpc) is 3.10. The molecular formula is C18H30N2O7S. The van der Waals surface area contributed by atoms with E-state index in [2.05, 4.69) is 4.72 Å². The van der Waals surface area contributed by atoms with Crippen molar-refractivity contribution < 1.29 is 32.2 Å². The van der Waals surface area contributed by atoms with Gasteiger partial charge in [0, 0.05) is 19.6 Å². The van der Waals surface area contributed by atoms with Crippen LogP contribution in [0.15, 0.2) is 0 Å². The number of morpholine rings is 1. The molecule has 2 saturated heterocycles. The van der Waals surface area contributed by atoms with Gasteiger partial charge in [-0.1, -0.05) is 6.92 Å². The van der Waals surface area contributed by atoms with Gasteiger partial charge in [0.15, 0.2) is 0 Å². The van der Waals surface area contributed by atoms with Crippen LogP contribution < -0.4 is 4.72 Å². The zero-order valence-electron chi connectivity index (χ0n) is 16.4. The monoisotopic (exact) mass is 418 g/mol. The molecule has 3 rings (SSSR count). The van der Waals surface area contributed by atoms with Gasteiger partial charge in [-0.3, -0.25) is 14.5 Å². The van der Waals surface area contributed by atoms with E-state index in [1.165, 1.54) is 0 Å². The van der Waals surface area contributed by atoms with Crippen molar-refractivity contribution in [2.45, 2.75) is 50.7 Å². The molecule has 1 saturated carbocycles. The fourth-order valence-corrected chi connectivity index (χ4v) is 5.36. The fraction of sp³-hybridized carbons (Fsp3) is 0.889. The van der Waals surface area contributed by atoms with Crippen LogP contribution in [0.1, 0.15) is 39.0 Å². The molecule has 160 valence electrons. The molecule has 3 aliphatic rings. The maximum absolute atomic E-state index is 12.8. The number of hydrogen-bond acceptors (Lipinski definition) is 8. The van der Waals surface area contributed by atoms with Gasteiger partial charge in [0.1, 0.15) is 23.4 Å². The zero-order valence-corrected chi connectivity index (χ0v) is 17.2. The van der Waals surface area contributed by atoms with Crippen LogP contribution in [0.2, 0.25) is 0 Å². The van der Waals surface area contributed by atoms with Gasteiger partial charge < -0.3 is 14.2 Å². The summed E-state index contributed by atoms with van der Waals surface area (Å²) in [4.78, 5) is 27.1. The molecule has 1 N–H and O–H groups in total. The van der Waals surface area contributed by atoms with Crippen molar-refractivity contribution in [1.29, 1.82) is 0 Å². The van der Waals surface area contributed by atoms with Crippen LogP contribution in [0.3, 0.4) is 0 Å². The summed E-state index contributed by atoms with van der Waals surface area (Å²) >= 11 is 0. The van der Waals surface area contributed by atoms with Crippen LogP contribution in [0.25, 0.3) is 0 Å². The molecule has 0 aromatic heterocycles. The Morgan fingerprint density at radius 2 is 1.89 bits per heavy atom. The first-order chi connectivity index (χ1) is 13.3. The van der Waals surface area contributed by atoms with Gasteiger partial charge >= 0.3 is 11.9 Å². The summed E-state index contributed by atoms with van der Waals surface area (Å²) in [5, 5.41) is 0. The fourth-order valence-electron chi connectivity index (χ4n) is 4.07. The van der Waals surface area contributed by atoms with E-state index in [4.69, 9.17) is 14.2 Å². The van der Waals surface area contributed by atoms with Crippen LogP contribution in [-0.4, -0.2) is 82.1 Å². The van der Waals surface area contributed by atoms with Crippen molar-refractivity contribution in [2.75, 3.05) is 45.1 Å². The number of carbonyl (C=O) groups excluding carboxylic acids is 2. The zero-order chi connectivity index (χ0) is 20.2. The molecule has 0 amide bonds. The number of hydrogen-bond donors (Lipinski definition) is 1. The highest BCUT2D eigenvalue weighted by Gasteiger charge is 2.44. The molecular weight excluding hydrogens is 388 g/mol. The van der Waals surface area contributed by atoms with Crippen molar-refractivity contribution in [3.63, 3.8) is 0 Å². The predicted octanol–water partition coefficient (Wildman–Crippen LogP) is 0.0456. The first kappa shape index (κ1) is 21.5. The van der Waals surface area contributed by atoms with Crippen molar-refractivity contribution in [2.24, 2.45) is 5.92 Å². The van der Waals surface area contributed by atoms with E-state index >= 15 is 0 Å². The smallest absolute Gasteiger partial charge is 0.320 e. The third kappa shape index (κ3) is 5.43. The summed E-state index contributed by atoms with van der Waals surface area (Å²) in [7, 11) is -3.59. The van der Waals surface area contributed by atoms with Crippen LogP contribution in [0.4, 0.5) is 0 Å². The number of nitrogens with zero attached hydrogens (tertiary/aromatic N) is 1. The highest BCUT2D eigenvalue weighted by molar-refractivity contribution is 7.89. The Bertz CT molecular complexity index is 669. The van der Waals surface area contributed by atoms with Crippen molar-refractivity contribution in [1.82, 2.24) is 9.62 Å². The van der Waals surface area contributed by atoms with Gasteiger partial charge in [-0.15, -0.1) is 0 Å². The molecule has 3 fully saturated rings. The van der Waals surface area contributed by atoms with E-state index in [9.17, 15) is 18.0 Å². The highest BCUT2D eigenvalue weighted by Crippen LogP contribution is 2.37. The Kier molecular flexibility index (Phi) is 6.95. The lowest BCUT2D eigenvalue weighted by Gasteiger charge is -2.34. The molecule has 0 aromatic carbocycles. The number of ether oxygens (including phenoxy) is 3. The summed E-state index contributed by atoms with van der Waals surface area (Å²) < 4.78 is 42.9. The van der Waals surface area contributed by atoms with Crippen LogP contribution in [0, 0.1) is 5.92 Å². The minimum absolute atomic E-state index is 0.0496. The third-order valence-corrected chi connectivity index (χ3v) is 7.25. The second-order valence-corrected chi connectivity index (χ2v) is 9.67. The van der Waals surface area contributed by atoms with Crippen molar-refractivity contribution in [3.05, 3.63) is 0 Å². The maximum atomic E-state index is 12.8. The minimum atomic E-state index is -3.59. The lowest BCUT2D eigenvalue weighted by molar-refractivity contribution is -0.172. The summed E-state index contributed by atoms with van der Waals surface area (Å²) in [6.07, 6.45) is 3.33. The first-order valence-electron chi connectivity index (χ1n) is 10.0. The molecule has 0 bridgehead atoms. The molecule has 2 heterocycles. The second kappa shape index (κ2) is 9.06. The van der Waals surface area contributed by atoms with E-state index in [0.717, 1.165) is 32.1 Å². The van der Waals surface area contributed by atoms with E-state index in [0.29, 0.717) is 26.3 Å². The van der Waals surface area contributed by atoms with E-state index < -0.39 is 45.3 Å². The standard InChI is InChI=1S/C18H30N2O7S/c1-2-18(5-3-4-6-18)27-17(22)14-11-19-28(23,24)13-15(14)26-16(21)12-20-7-9-25-10-8-20/h14-15,19H,2-13H2,1H3. The third-order valence-electron chi connectivity index (χ3n) is 5.87. The Morgan fingerprint density at radius 1 is 1.21 bits per heavy atom. The van der Waals surface area contributed by atoms with Crippen LogP contribution in [0.5, 0.6) is 0 Å². The van der Waals surface area contributed by atoms with Gasteiger partial charge in [-0.05, 0) is 32.1 Å². The van der Waals surface area contributed by atoms with Gasteiger partial charge in [0.25, 0.3) is 0 Å². The first-order valence-corrected chi connectivity index (χ1v) is 11.7. The van der Waals surface area contributed by atoms with E-state index in [-0.39, 0.29) is 13.1 Å². The molecule has 1 aliphatic carbocycles. The summed E-state index contributed by atoms with van der Waals surface area (Å²) in [5.74, 6) is -2.29. The predicted molar refractivity (Wildman–Crippen MR) is 100 cm³/mol. The van der Waals surface area contributed by atoms with Gasteiger partial charge in [0.05, 0.1) is 19.8 Å². The van der Waals surface area contributed by atoms with Crippen molar-refractivity contribution in [3.8, 4) is 0 Å². The number of sulfonamides is 1. The quantitative estimate of drug-likeness (QED) is 0.602. The molecule has 10 heteroatoms. The molecule has 0 aromatic rings. The molecule has 2 unspecified atom stereocenters. The van der Waals surface area contributed by atoms with Crippen molar-refractivity contribution >= 4 is 22.0 Å². The van der Waals surface area contributed by atoms with E-state index in [1.807, 2.05) is 11.8 Å². The average molecular weight is 419 g/mol. The van der Waals surface area contributed by atoms with Gasteiger partial charge in [-0.25, -0.2) is 13.1 Å². The Balaban J connectivity index is 1.64. The Labute approximate surface area is 166 Å². The van der Waals surface area contributed by atoms with Crippen LogP contribution >= 0.6 is 0 Å². The number of rotatable bonds is 6. The molecule has 2 atom stereocenters. The summed E-state index contributed by atoms with van der Waals surface area (Å²) in [6.45, 7) is 4.24. The van der Waals surface area contributed by atoms with E-state index in [1.54, 1.807) is 0 Å². The number of esters is 2. The minimum Gasteiger partial charge on any atom is -0.459 e. The molecule has 0 radical (unpaired) electrons. The second-order valence-electron chi connectivity index (χ2n) is 7.82. The number of carbonyl (C=O) groups is 2. The number of nitrogens with one attached hydrogen (secondary N) is 1. The molecule has 28 heavy (non-hydrogen) atoms. The maximum Gasteiger partial charge on any atom is 0.320 e. The normalized spacial score (nSPS) is 29.9. The Morgan fingerprint density at radius 3 is 2.54 bits per heavy atom. The van der Waals surface area contributed by atoms with Gasteiger partial charge in [-0.2, -0.15) is 0 Å². The topological polar surface area (TPSA) is 111 Å². The highest BCUT2D eigenvalue weighted by atomic mass is 32.2. The lowest BCUT2D eigenvalue weighted by atomic mass is 9.97. The van der Waals surface area contributed by atoms with Crippen LogP contribution in [-0.2, 0) is 33.8 Å².